The first-order valence-corrected chi connectivity index (χ1v) is 11.1. The topological polar surface area (TPSA) is 67.8 Å². The van der Waals surface area contributed by atoms with Gasteiger partial charge in [-0.05, 0) is 37.1 Å². The zero-order valence-corrected chi connectivity index (χ0v) is 19.1. The molecule has 7 nitrogen and oxygen atoms in total. The first kappa shape index (κ1) is 20.9. The summed E-state index contributed by atoms with van der Waals surface area (Å²) in [6.07, 6.45) is 4.72. The third-order valence-corrected chi connectivity index (χ3v) is 6.01. The number of rotatable bonds is 6. The van der Waals surface area contributed by atoms with Gasteiger partial charge in [0, 0.05) is 44.4 Å². The maximum atomic E-state index is 12.7. The number of amides is 1. The van der Waals surface area contributed by atoms with Crippen LogP contribution in [0.1, 0.15) is 28.9 Å². The Bertz CT molecular complexity index is 1450. The molecule has 7 heteroatoms. The molecule has 0 aliphatic carbocycles. The summed E-state index contributed by atoms with van der Waals surface area (Å²) in [5.41, 5.74) is 7.14. The van der Waals surface area contributed by atoms with Crippen LogP contribution in [0, 0.1) is 13.8 Å². The van der Waals surface area contributed by atoms with E-state index in [1.807, 2.05) is 64.8 Å². The van der Waals surface area contributed by atoms with E-state index in [4.69, 9.17) is 5.10 Å². The summed E-state index contributed by atoms with van der Waals surface area (Å²) in [5, 5.41) is 13.5. The maximum absolute atomic E-state index is 12.7. The highest BCUT2D eigenvalue weighted by Gasteiger charge is 2.16. The van der Waals surface area contributed by atoms with E-state index in [1.165, 1.54) is 11.1 Å². The van der Waals surface area contributed by atoms with Crippen LogP contribution in [-0.4, -0.2) is 42.1 Å². The van der Waals surface area contributed by atoms with E-state index in [9.17, 15) is 4.79 Å². The highest BCUT2D eigenvalue weighted by Crippen LogP contribution is 2.26. The van der Waals surface area contributed by atoms with Crippen LogP contribution < -0.4 is 0 Å². The summed E-state index contributed by atoms with van der Waals surface area (Å²) in [6.45, 7) is 4.77. The van der Waals surface area contributed by atoms with Gasteiger partial charge in [0.2, 0.25) is 5.91 Å². The fourth-order valence-corrected chi connectivity index (χ4v) is 4.13. The third kappa shape index (κ3) is 4.09. The van der Waals surface area contributed by atoms with Crippen molar-refractivity contribution in [2.45, 2.75) is 33.2 Å². The summed E-state index contributed by atoms with van der Waals surface area (Å²) in [5.74, 6) is 0.849. The molecule has 3 heterocycles. The van der Waals surface area contributed by atoms with E-state index >= 15 is 0 Å². The van der Waals surface area contributed by atoms with Crippen molar-refractivity contribution in [2.75, 3.05) is 7.05 Å². The standard InChI is InChI=1S/C26H26N6O/c1-18-9-10-19(2)21(15-18)22-16-23-26-28-27-24(31(26)13-14-32(23)29-22)11-12-25(33)30(3)17-20-7-5-4-6-8-20/h4-10,13-16H,11-12,17H2,1-3H3. The highest BCUT2D eigenvalue weighted by molar-refractivity contribution is 5.78. The number of aromatic nitrogens is 5. The van der Waals surface area contributed by atoms with E-state index in [1.54, 1.807) is 4.90 Å². The second-order valence-electron chi connectivity index (χ2n) is 8.52. The van der Waals surface area contributed by atoms with Crippen molar-refractivity contribution in [3.8, 4) is 11.3 Å². The van der Waals surface area contributed by atoms with Gasteiger partial charge in [-0.25, -0.2) is 4.52 Å². The first-order chi connectivity index (χ1) is 16.0. The van der Waals surface area contributed by atoms with E-state index < -0.39 is 0 Å². The number of nitrogens with zero attached hydrogens (tertiary/aromatic N) is 6. The Morgan fingerprint density at radius 2 is 1.82 bits per heavy atom. The Balaban J connectivity index is 1.37. The van der Waals surface area contributed by atoms with Gasteiger partial charge in [0.15, 0.2) is 5.65 Å². The Kier molecular flexibility index (Phi) is 5.38. The number of hydrogen-bond acceptors (Lipinski definition) is 4. The summed E-state index contributed by atoms with van der Waals surface area (Å²) in [4.78, 5) is 14.4. The van der Waals surface area contributed by atoms with Crippen molar-refractivity contribution in [1.29, 1.82) is 0 Å². The monoisotopic (exact) mass is 438 g/mol. The fourth-order valence-electron chi connectivity index (χ4n) is 4.13. The maximum Gasteiger partial charge on any atom is 0.223 e. The molecule has 0 saturated carbocycles. The summed E-state index contributed by atoms with van der Waals surface area (Å²) >= 11 is 0. The van der Waals surface area contributed by atoms with E-state index in [-0.39, 0.29) is 5.91 Å². The molecule has 0 atom stereocenters. The van der Waals surface area contributed by atoms with E-state index in [0.29, 0.717) is 19.4 Å². The third-order valence-electron chi connectivity index (χ3n) is 6.01. The molecule has 0 aliphatic rings. The summed E-state index contributed by atoms with van der Waals surface area (Å²) in [7, 11) is 1.84. The Morgan fingerprint density at radius 1 is 1.00 bits per heavy atom. The number of fused-ring (bicyclic) bond motifs is 3. The molecule has 1 amide bonds. The molecule has 0 spiro atoms. The highest BCUT2D eigenvalue weighted by atomic mass is 16.2. The summed E-state index contributed by atoms with van der Waals surface area (Å²) in [6, 6.07) is 18.4. The molecule has 0 unspecified atom stereocenters. The van der Waals surface area contributed by atoms with Crippen LogP contribution >= 0.6 is 0 Å². The zero-order chi connectivity index (χ0) is 22.9. The number of carbonyl (C=O) groups is 1. The van der Waals surface area contributed by atoms with E-state index in [2.05, 4.69) is 42.2 Å². The predicted molar refractivity (Wildman–Crippen MR) is 128 cm³/mol. The minimum Gasteiger partial charge on any atom is -0.341 e. The molecule has 0 fully saturated rings. The molecular weight excluding hydrogens is 412 g/mol. The van der Waals surface area contributed by atoms with Crippen LogP contribution in [0.25, 0.3) is 22.4 Å². The minimum atomic E-state index is 0.0817. The first-order valence-electron chi connectivity index (χ1n) is 11.1. The van der Waals surface area contributed by atoms with Gasteiger partial charge >= 0.3 is 0 Å². The lowest BCUT2D eigenvalue weighted by atomic mass is 10.0. The lowest BCUT2D eigenvalue weighted by Gasteiger charge is -2.17. The molecule has 166 valence electrons. The van der Waals surface area contributed by atoms with Crippen LogP contribution in [0.15, 0.2) is 67.0 Å². The molecule has 3 aromatic heterocycles. The Hall–Kier alpha value is -4.00. The molecule has 33 heavy (non-hydrogen) atoms. The zero-order valence-electron chi connectivity index (χ0n) is 19.1. The van der Waals surface area contributed by atoms with Gasteiger partial charge in [-0.15, -0.1) is 10.2 Å². The van der Waals surface area contributed by atoms with Crippen LogP contribution in [0.3, 0.4) is 0 Å². The number of aryl methyl sites for hydroxylation is 3. The van der Waals surface area contributed by atoms with Crippen molar-refractivity contribution < 1.29 is 4.79 Å². The lowest BCUT2D eigenvalue weighted by molar-refractivity contribution is -0.130. The summed E-state index contributed by atoms with van der Waals surface area (Å²) < 4.78 is 3.79. The molecule has 2 aromatic carbocycles. The molecule has 0 saturated heterocycles. The molecule has 0 N–H and O–H groups in total. The average Bonchev–Trinajstić information content (AvgIpc) is 3.43. The predicted octanol–water partition coefficient (Wildman–Crippen LogP) is 4.25. The van der Waals surface area contributed by atoms with Crippen molar-refractivity contribution in [1.82, 2.24) is 29.1 Å². The van der Waals surface area contributed by atoms with Crippen molar-refractivity contribution in [3.63, 3.8) is 0 Å². The van der Waals surface area contributed by atoms with Gasteiger partial charge in [0.1, 0.15) is 11.3 Å². The number of hydrogen-bond donors (Lipinski definition) is 0. The Morgan fingerprint density at radius 3 is 2.64 bits per heavy atom. The van der Waals surface area contributed by atoms with Gasteiger partial charge in [0.05, 0.1) is 5.69 Å². The van der Waals surface area contributed by atoms with Crippen molar-refractivity contribution in [2.24, 2.45) is 0 Å². The fraction of sp³-hybridized carbons (Fsp3) is 0.231. The molecule has 5 rings (SSSR count). The van der Waals surface area contributed by atoms with Crippen LogP contribution in [0.5, 0.6) is 0 Å². The van der Waals surface area contributed by atoms with Crippen LogP contribution in [-0.2, 0) is 17.8 Å². The van der Waals surface area contributed by atoms with Gasteiger partial charge in [-0.2, -0.15) is 5.10 Å². The average molecular weight is 439 g/mol. The molecule has 0 aliphatic heterocycles. The van der Waals surface area contributed by atoms with Crippen LogP contribution in [0.2, 0.25) is 0 Å². The van der Waals surface area contributed by atoms with Crippen LogP contribution in [0.4, 0.5) is 0 Å². The van der Waals surface area contributed by atoms with Gasteiger partial charge in [-0.1, -0.05) is 48.0 Å². The quantitative estimate of drug-likeness (QED) is 0.397. The van der Waals surface area contributed by atoms with E-state index in [0.717, 1.165) is 33.8 Å². The number of carbonyl (C=O) groups excluding carboxylic acids is 1. The molecular formula is C26H26N6O. The normalized spacial score (nSPS) is 11.4. The SMILES string of the molecule is Cc1ccc(C)c(-c2cc3c4nnc(CCC(=O)N(C)Cc5ccccc5)n4ccn3n2)c1. The van der Waals surface area contributed by atoms with Gasteiger partial charge in [0.25, 0.3) is 0 Å². The molecule has 0 radical (unpaired) electrons. The largest absolute Gasteiger partial charge is 0.341 e. The second kappa shape index (κ2) is 8.50. The smallest absolute Gasteiger partial charge is 0.223 e. The van der Waals surface area contributed by atoms with Crippen molar-refractivity contribution >= 4 is 17.1 Å². The number of benzene rings is 2. The van der Waals surface area contributed by atoms with Gasteiger partial charge in [-0.3, -0.25) is 9.20 Å². The van der Waals surface area contributed by atoms with Gasteiger partial charge < -0.3 is 4.90 Å². The second-order valence-corrected chi connectivity index (χ2v) is 8.52. The van der Waals surface area contributed by atoms with Crippen molar-refractivity contribution in [3.05, 3.63) is 89.5 Å². The Labute approximate surface area is 192 Å². The molecule has 5 aromatic rings. The molecule has 0 bridgehead atoms. The minimum absolute atomic E-state index is 0.0817. The lowest BCUT2D eigenvalue weighted by Crippen LogP contribution is -2.26.